The molecule has 14 aromatic carbocycles. The number of hydrogen-bond donors (Lipinski definition) is 5. The zero-order chi connectivity index (χ0) is 98.8. The number of halogens is 1. The van der Waals surface area contributed by atoms with E-state index in [-0.39, 0.29) is 41.4 Å². The number of thiocarbonyl (C=S) groups is 4. The van der Waals surface area contributed by atoms with E-state index in [9.17, 15) is 33.2 Å². The van der Waals surface area contributed by atoms with Gasteiger partial charge in [-0.1, -0.05) is 178 Å². The summed E-state index contributed by atoms with van der Waals surface area (Å²) < 4.78 is 46.5. The molecule has 0 unspecified atom stereocenters. The number of rotatable bonds is 29. The van der Waals surface area contributed by atoms with Crippen molar-refractivity contribution in [3.8, 4) is 28.7 Å². The minimum absolute atomic E-state index is 0.164. The summed E-state index contributed by atoms with van der Waals surface area (Å²) in [5, 5.41) is 24.6. The van der Waals surface area contributed by atoms with Crippen LogP contribution in [0.4, 0.5) is 37.6 Å². The highest BCUT2D eigenvalue weighted by Gasteiger charge is 2.21. The molecule has 0 saturated carbocycles. The molecule has 1 aliphatic heterocycles. The Bertz CT molecular complexity index is 6490. The van der Waals surface area contributed by atoms with Crippen molar-refractivity contribution in [2.75, 3.05) is 105 Å². The molecular weight excluding hydrogens is 1820 g/mol. The first-order chi connectivity index (χ1) is 67.6. The van der Waals surface area contributed by atoms with Crippen molar-refractivity contribution in [2.24, 2.45) is 0 Å². The van der Waals surface area contributed by atoms with Crippen molar-refractivity contribution >= 4 is 177 Å². The Hall–Kier alpha value is -15.1. The van der Waals surface area contributed by atoms with Gasteiger partial charge in [0.1, 0.15) is 34.6 Å². The van der Waals surface area contributed by atoms with Crippen molar-refractivity contribution in [1.82, 2.24) is 24.5 Å². The molecule has 5 N–H and O–H groups in total. The van der Waals surface area contributed by atoms with Gasteiger partial charge in [-0.05, 0) is 292 Å². The molecule has 0 atom stereocenters. The third-order valence-electron chi connectivity index (χ3n) is 21.9. The first-order valence-electron chi connectivity index (χ1n) is 46.0. The molecule has 1 fully saturated rings. The maximum atomic E-state index is 12.9. The standard InChI is InChI=1S/C26H30N2O3.C24H22N2O2S.C22H20N2O3S.C22H22N2O2S.C18H19FN2O2S/c1-3-5-18-28(19-6-4-2)26(30)31-22-16-14-21(15-17-22)25(29)27-24-13-9-11-20-10-7-8-12-23(20)24;1-3-16-26(17-4-2)24(29)28-20-14-12-19(13-15-20)23(27)25-22-11-7-9-18-8-5-6-10-21(18)22;25-21(23-20-7-3-5-16-4-1-2-6-19(16)20)17-8-10-18(11-9-17)27-22(28)24-12-14-26-15-13-24;1-3-24(4-2)22(27)26-20-13-10-17(11-14-20)21(25)23-19-12-9-16-7-5-6-8-18(16)15-19;1-3-21(4-2)18(24)23-16-11-5-13(6-12-16)17(22)20-15-9-7-14(19)8-10-15/h7-17H,3-6,18-19H2,1-2H3,(H,27,29);3-15H,1-2,16-17H2,(H,25,27);1-11H,12-15H2,(H,23,25);5-15H,3-4H2,1-2H3,(H,23,25);5-12H,3-4H2,1-2H3,(H,20,22). The molecule has 15 rings (SSSR count). The van der Waals surface area contributed by atoms with Gasteiger partial charge < -0.3 is 79.5 Å². The summed E-state index contributed by atoms with van der Waals surface area (Å²) in [6, 6.07) is 95.0. The Balaban J connectivity index is 0.000000167. The molecule has 6 amide bonds. The Morgan fingerprint density at radius 2 is 0.655 bits per heavy atom. The Kier molecular flexibility index (Phi) is 41.0. The summed E-state index contributed by atoms with van der Waals surface area (Å²) in [5.74, 6) is 1.45. The van der Waals surface area contributed by atoms with Crippen molar-refractivity contribution in [3.05, 3.63) is 374 Å². The van der Waals surface area contributed by atoms with E-state index in [4.69, 9.17) is 77.3 Å². The second kappa shape index (κ2) is 54.6. The molecule has 714 valence electrons. The van der Waals surface area contributed by atoms with Crippen LogP contribution in [0.3, 0.4) is 0 Å². The lowest BCUT2D eigenvalue weighted by Gasteiger charge is -2.28. The van der Waals surface area contributed by atoms with E-state index in [1.165, 1.54) is 24.3 Å². The van der Waals surface area contributed by atoms with Gasteiger partial charge in [0, 0.05) is 138 Å². The molecule has 0 aliphatic carbocycles. The van der Waals surface area contributed by atoms with E-state index in [2.05, 4.69) is 53.6 Å². The Morgan fingerprint density at radius 1 is 0.345 bits per heavy atom. The quantitative estimate of drug-likeness (QED) is 0.0216. The molecule has 0 aromatic heterocycles. The highest BCUT2D eigenvalue weighted by atomic mass is 32.1. The van der Waals surface area contributed by atoms with Crippen LogP contribution in [0.15, 0.2) is 341 Å². The van der Waals surface area contributed by atoms with E-state index in [1.54, 1.807) is 138 Å². The maximum Gasteiger partial charge on any atom is 0.415 e. The van der Waals surface area contributed by atoms with Crippen LogP contribution in [0.2, 0.25) is 0 Å². The number of amides is 6. The maximum absolute atomic E-state index is 12.9. The van der Waals surface area contributed by atoms with Gasteiger partial charge in [0.2, 0.25) is 0 Å². The number of nitrogens with zero attached hydrogens (tertiary/aromatic N) is 5. The van der Waals surface area contributed by atoms with Crippen LogP contribution in [-0.2, 0) is 4.74 Å². The van der Waals surface area contributed by atoms with Crippen molar-refractivity contribution in [3.63, 3.8) is 0 Å². The van der Waals surface area contributed by atoms with Crippen LogP contribution in [0.25, 0.3) is 43.1 Å². The predicted molar refractivity (Wildman–Crippen MR) is 575 cm³/mol. The van der Waals surface area contributed by atoms with Crippen LogP contribution in [0.1, 0.15) is 119 Å². The van der Waals surface area contributed by atoms with E-state index in [1.807, 2.05) is 217 Å². The van der Waals surface area contributed by atoms with Gasteiger partial charge in [-0.3, -0.25) is 24.0 Å². The molecular formula is C112H113FN10O12S4. The SMILES string of the molecule is C=CCN(CC=C)C(=S)Oc1ccc(C(=O)Nc2cccc3ccccc23)cc1.CCCCN(CCCC)C(=O)Oc1ccc(C(=O)Nc2cccc3ccccc23)cc1.CCN(CC)C(=S)Oc1ccc(C(=O)Nc2ccc(F)cc2)cc1.CCN(CC)C(=S)Oc1ccc(C(=O)Nc2ccc3ccccc3c2)cc1.O=C(Nc1cccc2ccccc12)c1ccc(OC(=S)N2CCOCC2)cc1. The Morgan fingerprint density at radius 3 is 1.01 bits per heavy atom. The summed E-state index contributed by atoms with van der Waals surface area (Å²) in [6.45, 7) is 28.1. The van der Waals surface area contributed by atoms with E-state index in [0.717, 1.165) is 131 Å². The topological polar surface area (TPSA) is 234 Å². The highest BCUT2D eigenvalue weighted by molar-refractivity contribution is 7.80. The monoisotopic (exact) mass is 1940 g/mol. The number of unbranched alkanes of at least 4 members (excludes halogenated alkanes) is 2. The van der Waals surface area contributed by atoms with Gasteiger partial charge in [0.05, 0.1) is 13.2 Å². The average Bonchev–Trinajstić information content (AvgIpc) is 0.819. The zero-order valence-electron chi connectivity index (χ0n) is 78.6. The molecule has 1 saturated heterocycles. The summed E-state index contributed by atoms with van der Waals surface area (Å²) in [4.78, 5) is 84.6. The van der Waals surface area contributed by atoms with Crippen molar-refractivity contribution in [1.29, 1.82) is 0 Å². The minimum Gasteiger partial charge on any atom is -0.432 e. The summed E-state index contributed by atoms with van der Waals surface area (Å²) in [7, 11) is 0. The van der Waals surface area contributed by atoms with Crippen LogP contribution in [0.5, 0.6) is 28.7 Å². The number of anilines is 5. The summed E-state index contributed by atoms with van der Waals surface area (Å²) in [6.07, 6.45) is 7.11. The second-order valence-corrected chi connectivity index (χ2v) is 32.9. The Labute approximate surface area is 832 Å². The number of ether oxygens (including phenoxy) is 6. The van der Waals surface area contributed by atoms with Crippen LogP contribution in [-0.4, -0.2) is 159 Å². The van der Waals surface area contributed by atoms with Gasteiger partial charge in [0.15, 0.2) is 0 Å². The number of nitrogens with one attached hydrogen (secondary N) is 5. The fourth-order valence-electron chi connectivity index (χ4n) is 14.2. The molecule has 0 radical (unpaired) electrons. The van der Waals surface area contributed by atoms with Crippen LogP contribution in [0, 0.1) is 5.82 Å². The van der Waals surface area contributed by atoms with Crippen molar-refractivity contribution < 1.29 is 61.6 Å². The fourth-order valence-corrected chi connectivity index (χ4v) is 15.5. The number of hydrogen-bond acceptors (Lipinski definition) is 16. The number of carbonyl (C=O) groups is 6. The predicted octanol–water partition coefficient (Wildman–Crippen LogP) is 25.2. The lowest BCUT2D eigenvalue weighted by Crippen LogP contribution is -2.42. The zero-order valence-corrected chi connectivity index (χ0v) is 81.8. The largest absolute Gasteiger partial charge is 0.432 e. The number of morpholine rings is 1. The highest BCUT2D eigenvalue weighted by Crippen LogP contribution is 2.30. The van der Waals surface area contributed by atoms with E-state index in [0.29, 0.717) is 122 Å². The summed E-state index contributed by atoms with van der Waals surface area (Å²) in [5.41, 5.74) is 6.25. The lowest BCUT2D eigenvalue weighted by atomic mass is 10.1. The number of benzene rings is 14. The van der Waals surface area contributed by atoms with E-state index >= 15 is 0 Å². The van der Waals surface area contributed by atoms with Gasteiger partial charge >= 0.3 is 6.09 Å². The molecule has 0 bridgehead atoms. The molecule has 1 aliphatic rings. The first kappa shape index (κ1) is 104. The molecule has 27 heteroatoms. The van der Waals surface area contributed by atoms with Crippen LogP contribution >= 0.6 is 48.9 Å². The second-order valence-electron chi connectivity index (χ2n) is 31.5. The molecule has 1 heterocycles. The molecule has 0 spiro atoms. The normalized spacial score (nSPS) is 11.1. The average molecular weight is 1940 g/mol. The number of fused-ring (bicyclic) bond motifs is 4. The third-order valence-corrected chi connectivity index (χ3v) is 23.3. The third kappa shape index (κ3) is 31.7. The fraction of sp³-hybridized carbons (Fsp3) is 0.196. The summed E-state index contributed by atoms with van der Waals surface area (Å²) >= 11 is 21.2. The van der Waals surface area contributed by atoms with Crippen molar-refractivity contribution in [2.45, 2.75) is 67.2 Å². The van der Waals surface area contributed by atoms with Crippen LogP contribution < -0.4 is 50.3 Å². The van der Waals surface area contributed by atoms with Gasteiger partial charge in [-0.15, -0.1) is 13.2 Å². The molecule has 139 heavy (non-hydrogen) atoms. The smallest absolute Gasteiger partial charge is 0.415 e. The lowest BCUT2D eigenvalue weighted by molar-refractivity contribution is 0.0631. The number of carbonyl (C=O) groups excluding carboxylic acids is 6. The molecule has 14 aromatic rings. The first-order valence-corrected chi connectivity index (χ1v) is 47.6. The van der Waals surface area contributed by atoms with Gasteiger partial charge in [-0.25, -0.2) is 9.18 Å². The van der Waals surface area contributed by atoms with Gasteiger partial charge in [0.25, 0.3) is 50.2 Å². The minimum atomic E-state index is -0.348. The van der Waals surface area contributed by atoms with Gasteiger partial charge in [-0.2, -0.15) is 0 Å². The molecule has 22 nitrogen and oxygen atoms in total. The van der Waals surface area contributed by atoms with E-state index < -0.39 is 0 Å².